The van der Waals surface area contributed by atoms with Crippen molar-refractivity contribution in [3.8, 4) is 5.75 Å². The van der Waals surface area contributed by atoms with Gasteiger partial charge in [0.1, 0.15) is 11.6 Å². The van der Waals surface area contributed by atoms with E-state index in [1.165, 1.54) is 5.56 Å². The molecule has 0 aliphatic rings. The van der Waals surface area contributed by atoms with Crippen LogP contribution in [0.25, 0.3) is 11.0 Å². The third-order valence-electron chi connectivity index (χ3n) is 4.21. The van der Waals surface area contributed by atoms with Crippen molar-refractivity contribution in [2.45, 2.75) is 32.6 Å². The van der Waals surface area contributed by atoms with E-state index >= 15 is 0 Å². The Morgan fingerprint density at radius 2 is 1.92 bits per heavy atom. The number of aryl methyl sites for hydroxylation is 2. The molecule has 1 aromatic heterocycles. The van der Waals surface area contributed by atoms with Crippen molar-refractivity contribution >= 4 is 16.9 Å². The monoisotopic (exact) mass is 351 g/mol. The first-order valence-electron chi connectivity index (χ1n) is 9.10. The molecule has 0 fully saturated rings. The first-order valence-corrected chi connectivity index (χ1v) is 9.10. The van der Waals surface area contributed by atoms with E-state index in [4.69, 9.17) is 4.74 Å². The first kappa shape index (κ1) is 18.0. The fraction of sp³-hybridized carbons (Fsp3) is 0.333. The molecule has 0 unspecified atom stereocenters. The molecule has 2 aromatic carbocycles. The summed E-state index contributed by atoms with van der Waals surface area (Å²) in [7, 11) is 0. The van der Waals surface area contributed by atoms with Crippen LogP contribution >= 0.6 is 0 Å². The number of unbranched alkanes of at least 4 members (excludes halogenated alkanes) is 1. The van der Waals surface area contributed by atoms with Gasteiger partial charge in [-0.15, -0.1) is 0 Å². The zero-order chi connectivity index (χ0) is 18.2. The molecule has 5 heteroatoms. The summed E-state index contributed by atoms with van der Waals surface area (Å²) in [4.78, 5) is 19.7. The highest BCUT2D eigenvalue weighted by Gasteiger charge is 2.06. The molecular formula is C21H25N3O2. The second-order valence-electron chi connectivity index (χ2n) is 6.42. The average Bonchev–Trinajstić information content (AvgIpc) is 3.07. The third kappa shape index (κ3) is 5.34. The second-order valence-corrected chi connectivity index (χ2v) is 6.42. The van der Waals surface area contributed by atoms with Gasteiger partial charge in [-0.1, -0.05) is 29.8 Å². The van der Waals surface area contributed by atoms with E-state index in [0.29, 0.717) is 26.0 Å². The van der Waals surface area contributed by atoms with Crippen LogP contribution in [0.15, 0.2) is 48.5 Å². The maximum Gasteiger partial charge on any atom is 0.220 e. The number of imidazole rings is 1. The number of benzene rings is 2. The van der Waals surface area contributed by atoms with E-state index in [9.17, 15) is 4.79 Å². The quantitative estimate of drug-likeness (QED) is 0.577. The Morgan fingerprint density at radius 1 is 1.12 bits per heavy atom. The van der Waals surface area contributed by atoms with Gasteiger partial charge >= 0.3 is 0 Å². The first-order chi connectivity index (χ1) is 12.7. The Hall–Kier alpha value is -2.82. The number of carbonyl (C=O) groups excluding carboxylic acids is 1. The van der Waals surface area contributed by atoms with E-state index < -0.39 is 0 Å². The number of nitrogens with zero attached hydrogens (tertiary/aromatic N) is 1. The van der Waals surface area contributed by atoms with Crippen molar-refractivity contribution in [1.82, 2.24) is 15.3 Å². The summed E-state index contributed by atoms with van der Waals surface area (Å²) in [5.41, 5.74) is 3.18. The van der Waals surface area contributed by atoms with Gasteiger partial charge in [-0.2, -0.15) is 0 Å². The summed E-state index contributed by atoms with van der Waals surface area (Å²) in [5.74, 6) is 1.81. The third-order valence-corrected chi connectivity index (χ3v) is 4.21. The predicted octanol–water partition coefficient (Wildman–Crippen LogP) is 3.78. The van der Waals surface area contributed by atoms with Crippen molar-refractivity contribution in [3.63, 3.8) is 0 Å². The predicted molar refractivity (Wildman–Crippen MR) is 103 cm³/mol. The van der Waals surface area contributed by atoms with Gasteiger partial charge in [0.25, 0.3) is 0 Å². The van der Waals surface area contributed by atoms with E-state index in [2.05, 4.69) is 22.2 Å². The Morgan fingerprint density at radius 3 is 2.73 bits per heavy atom. The van der Waals surface area contributed by atoms with Crippen LogP contribution in [0, 0.1) is 6.92 Å². The highest BCUT2D eigenvalue weighted by atomic mass is 16.5. The molecule has 3 rings (SSSR count). The van der Waals surface area contributed by atoms with Crippen molar-refractivity contribution in [1.29, 1.82) is 0 Å². The zero-order valence-electron chi connectivity index (χ0n) is 15.1. The fourth-order valence-corrected chi connectivity index (χ4v) is 2.72. The maximum atomic E-state index is 11.9. The largest absolute Gasteiger partial charge is 0.494 e. The minimum Gasteiger partial charge on any atom is -0.494 e. The molecule has 0 saturated carbocycles. The number of ether oxygens (including phenoxy) is 1. The van der Waals surface area contributed by atoms with Crippen LogP contribution in [-0.2, 0) is 11.2 Å². The summed E-state index contributed by atoms with van der Waals surface area (Å²) in [6.07, 6.45) is 2.89. The summed E-state index contributed by atoms with van der Waals surface area (Å²) >= 11 is 0. The Labute approximate surface area is 153 Å². The van der Waals surface area contributed by atoms with Crippen LogP contribution in [0.5, 0.6) is 5.75 Å². The molecule has 3 aromatic rings. The van der Waals surface area contributed by atoms with Gasteiger partial charge < -0.3 is 15.0 Å². The number of amides is 1. The number of rotatable bonds is 9. The Balaban J connectivity index is 1.27. The molecule has 0 saturated heterocycles. The summed E-state index contributed by atoms with van der Waals surface area (Å²) in [6, 6.07) is 15.9. The minimum absolute atomic E-state index is 0.0601. The zero-order valence-corrected chi connectivity index (χ0v) is 15.1. The van der Waals surface area contributed by atoms with Gasteiger partial charge in [-0.3, -0.25) is 4.79 Å². The highest BCUT2D eigenvalue weighted by molar-refractivity contribution is 5.77. The molecule has 0 bridgehead atoms. The Bertz CT molecular complexity index is 807. The lowest BCUT2D eigenvalue weighted by molar-refractivity contribution is -0.121. The number of hydrogen-bond donors (Lipinski definition) is 2. The van der Waals surface area contributed by atoms with Crippen LogP contribution in [0.2, 0.25) is 0 Å². The molecule has 0 atom stereocenters. The van der Waals surface area contributed by atoms with Crippen molar-refractivity contribution in [2.24, 2.45) is 0 Å². The van der Waals surface area contributed by atoms with Gasteiger partial charge in [0.2, 0.25) is 5.91 Å². The van der Waals surface area contributed by atoms with Gasteiger partial charge in [0.05, 0.1) is 17.6 Å². The Kier molecular flexibility index (Phi) is 6.25. The maximum absolute atomic E-state index is 11.9. The standard InChI is InChI=1S/C21H25N3O2/c1-16-8-10-17(11-9-16)26-15-5-4-14-22-21(25)13-12-20-23-18-6-2-3-7-19(18)24-20/h2-3,6-11H,4-5,12-15H2,1H3,(H,22,25)(H,23,24). The molecule has 0 aliphatic carbocycles. The van der Waals surface area contributed by atoms with Gasteiger partial charge in [0.15, 0.2) is 0 Å². The van der Waals surface area contributed by atoms with E-state index in [1.807, 2.05) is 48.5 Å². The number of aromatic amines is 1. The van der Waals surface area contributed by atoms with E-state index in [0.717, 1.165) is 35.4 Å². The van der Waals surface area contributed by atoms with E-state index in [1.54, 1.807) is 0 Å². The van der Waals surface area contributed by atoms with Crippen LogP contribution in [0.3, 0.4) is 0 Å². The molecule has 0 radical (unpaired) electrons. The van der Waals surface area contributed by atoms with Gasteiger partial charge in [-0.25, -0.2) is 4.98 Å². The van der Waals surface area contributed by atoms with Crippen molar-refractivity contribution in [2.75, 3.05) is 13.2 Å². The number of carbonyl (C=O) groups is 1. The topological polar surface area (TPSA) is 67.0 Å². The highest BCUT2D eigenvalue weighted by Crippen LogP contribution is 2.12. The van der Waals surface area contributed by atoms with Gasteiger partial charge in [-0.05, 0) is 44.0 Å². The molecular weight excluding hydrogens is 326 g/mol. The molecule has 26 heavy (non-hydrogen) atoms. The van der Waals surface area contributed by atoms with Gasteiger partial charge in [0, 0.05) is 19.4 Å². The molecule has 1 heterocycles. The summed E-state index contributed by atoms with van der Waals surface area (Å²) in [5, 5.41) is 2.96. The number of nitrogens with one attached hydrogen (secondary N) is 2. The average molecular weight is 351 g/mol. The number of H-pyrrole nitrogens is 1. The molecule has 0 spiro atoms. The minimum atomic E-state index is 0.0601. The molecule has 5 nitrogen and oxygen atoms in total. The molecule has 1 amide bonds. The lowest BCUT2D eigenvalue weighted by Crippen LogP contribution is -2.25. The summed E-state index contributed by atoms with van der Waals surface area (Å²) in [6.45, 7) is 3.40. The fourth-order valence-electron chi connectivity index (χ4n) is 2.72. The normalized spacial score (nSPS) is 10.8. The van der Waals surface area contributed by atoms with Crippen LogP contribution < -0.4 is 10.1 Å². The number of hydrogen-bond acceptors (Lipinski definition) is 3. The number of fused-ring (bicyclic) bond motifs is 1. The van der Waals surface area contributed by atoms with Crippen LogP contribution in [-0.4, -0.2) is 29.0 Å². The van der Waals surface area contributed by atoms with E-state index in [-0.39, 0.29) is 5.91 Å². The molecule has 2 N–H and O–H groups in total. The SMILES string of the molecule is Cc1ccc(OCCCCNC(=O)CCc2nc3ccccc3[nH]2)cc1. The lowest BCUT2D eigenvalue weighted by atomic mass is 10.2. The second kappa shape index (κ2) is 9.04. The molecule has 0 aliphatic heterocycles. The van der Waals surface area contributed by atoms with Crippen molar-refractivity contribution in [3.05, 3.63) is 59.9 Å². The number of aromatic nitrogens is 2. The van der Waals surface area contributed by atoms with Crippen LogP contribution in [0.1, 0.15) is 30.7 Å². The number of para-hydroxylation sites is 2. The smallest absolute Gasteiger partial charge is 0.220 e. The lowest BCUT2D eigenvalue weighted by Gasteiger charge is -2.07. The van der Waals surface area contributed by atoms with Crippen LogP contribution in [0.4, 0.5) is 0 Å². The summed E-state index contributed by atoms with van der Waals surface area (Å²) < 4.78 is 5.68. The van der Waals surface area contributed by atoms with Crippen molar-refractivity contribution < 1.29 is 9.53 Å². The molecule has 136 valence electrons.